The number of amides is 1. The van der Waals surface area contributed by atoms with E-state index >= 15 is 0 Å². The summed E-state index contributed by atoms with van der Waals surface area (Å²) < 4.78 is 45.0. The van der Waals surface area contributed by atoms with Crippen molar-refractivity contribution in [2.45, 2.75) is 19.1 Å². The molecule has 8 heteroatoms. The van der Waals surface area contributed by atoms with Crippen LogP contribution in [0.4, 0.5) is 18.9 Å². The van der Waals surface area contributed by atoms with E-state index in [1.54, 1.807) is 24.3 Å². The molecule has 1 aliphatic heterocycles. The number of benzene rings is 2. The second kappa shape index (κ2) is 7.46. The van der Waals surface area contributed by atoms with Gasteiger partial charge in [0.2, 0.25) is 0 Å². The first-order chi connectivity index (χ1) is 14.7. The van der Waals surface area contributed by atoms with Gasteiger partial charge < -0.3 is 9.52 Å². The molecule has 1 aromatic heterocycles. The third-order valence-corrected chi connectivity index (χ3v) is 5.03. The quantitative estimate of drug-likeness (QED) is 0.353. The molecular formula is C23H16F3NO4. The maximum Gasteiger partial charge on any atom is 0.416 e. The summed E-state index contributed by atoms with van der Waals surface area (Å²) in [5.74, 6) is -2.38. The van der Waals surface area contributed by atoms with Gasteiger partial charge >= 0.3 is 6.18 Å². The molecule has 0 radical (unpaired) electrons. The largest absolute Gasteiger partial charge is 0.507 e. The second-order valence-corrected chi connectivity index (χ2v) is 7.10. The minimum absolute atomic E-state index is 0.130. The Hall–Kier alpha value is -3.81. The molecule has 1 fully saturated rings. The predicted octanol–water partition coefficient (Wildman–Crippen LogP) is 5.23. The van der Waals surface area contributed by atoms with Gasteiger partial charge in [-0.05, 0) is 37.3 Å². The summed E-state index contributed by atoms with van der Waals surface area (Å²) in [7, 11) is 0. The van der Waals surface area contributed by atoms with E-state index in [-0.39, 0.29) is 17.0 Å². The van der Waals surface area contributed by atoms with E-state index in [0.717, 1.165) is 28.7 Å². The number of nitrogens with zero attached hydrogens (tertiary/aromatic N) is 1. The van der Waals surface area contributed by atoms with E-state index in [9.17, 15) is 27.9 Å². The summed E-state index contributed by atoms with van der Waals surface area (Å²) in [6.45, 7) is 1.85. The SMILES string of the molecule is Cc1ccc(/C(O)=C2/C(=O)C(=O)N(c3cccc(C(F)(F)F)c3)C2c2ccco2)cc1. The van der Waals surface area contributed by atoms with Gasteiger partial charge in [-0.1, -0.05) is 35.9 Å². The van der Waals surface area contributed by atoms with Crippen molar-refractivity contribution < 1.29 is 32.3 Å². The van der Waals surface area contributed by atoms with Crippen molar-refractivity contribution >= 4 is 23.1 Å². The van der Waals surface area contributed by atoms with Crippen molar-refractivity contribution in [3.63, 3.8) is 0 Å². The van der Waals surface area contributed by atoms with Crippen molar-refractivity contribution in [2.24, 2.45) is 0 Å². The van der Waals surface area contributed by atoms with Crippen LogP contribution in [0, 0.1) is 6.92 Å². The Morgan fingerprint density at radius 1 is 1.03 bits per heavy atom. The first-order valence-electron chi connectivity index (χ1n) is 9.27. The molecule has 1 atom stereocenters. The van der Waals surface area contributed by atoms with Gasteiger partial charge in [-0.15, -0.1) is 0 Å². The molecule has 3 aromatic rings. The van der Waals surface area contributed by atoms with Gasteiger partial charge in [0.15, 0.2) is 0 Å². The summed E-state index contributed by atoms with van der Waals surface area (Å²) in [6.07, 6.45) is -3.32. The minimum atomic E-state index is -4.63. The topological polar surface area (TPSA) is 70.8 Å². The van der Waals surface area contributed by atoms with Gasteiger partial charge in [-0.25, -0.2) is 0 Å². The number of alkyl halides is 3. The van der Waals surface area contributed by atoms with Crippen molar-refractivity contribution in [3.05, 3.63) is 95.0 Å². The van der Waals surface area contributed by atoms with Crippen LogP contribution < -0.4 is 4.90 Å². The van der Waals surface area contributed by atoms with Crippen LogP contribution in [0.15, 0.2) is 76.9 Å². The standard InChI is InChI=1S/C23H16F3NO4/c1-13-7-9-14(10-8-13)20(28)18-19(17-6-3-11-31-17)27(22(30)21(18)29)16-5-2-4-15(12-16)23(24,25)26/h2-12,19,28H,1H3/b20-18-. The molecule has 158 valence electrons. The normalized spacial score (nSPS) is 18.6. The molecule has 1 amide bonds. The summed E-state index contributed by atoms with van der Waals surface area (Å²) in [5.41, 5.74) is -0.154. The average Bonchev–Trinajstić information content (AvgIpc) is 3.35. The first kappa shape index (κ1) is 20.5. The number of ketones is 1. The summed E-state index contributed by atoms with van der Waals surface area (Å²) in [5, 5.41) is 10.9. The zero-order valence-corrected chi connectivity index (χ0v) is 16.2. The molecule has 2 heterocycles. The van der Waals surface area contributed by atoms with Crippen molar-refractivity contribution in [1.82, 2.24) is 0 Å². The van der Waals surface area contributed by atoms with Crippen LogP contribution in [0.2, 0.25) is 0 Å². The highest BCUT2D eigenvalue weighted by Crippen LogP contribution is 2.43. The molecule has 0 aliphatic carbocycles. The molecule has 1 unspecified atom stereocenters. The number of carbonyl (C=O) groups is 2. The Bertz CT molecular complexity index is 1180. The van der Waals surface area contributed by atoms with Crippen molar-refractivity contribution in [3.8, 4) is 0 Å². The second-order valence-electron chi connectivity index (χ2n) is 7.10. The number of Topliss-reactive ketones (excluding diaryl/α,β-unsaturated/α-hetero) is 1. The van der Waals surface area contributed by atoms with Crippen LogP contribution in [0.5, 0.6) is 0 Å². The lowest BCUT2D eigenvalue weighted by molar-refractivity contribution is -0.137. The maximum atomic E-state index is 13.2. The average molecular weight is 427 g/mol. The maximum absolute atomic E-state index is 13.2. The number of carbonyl (C=O) groups excluding carboxylic acids is 2. The molecule has 0 bridgehead atoms. The van der Waals surface area contributed by atoms with E-state index in [0.29, 0.717) is 5.56 Å². The predicted molar refractivity (Wildman–Crippen MR) is 106 cm³/mol. The Morgan fingerprint density at radius 3 is 2.35 bits per heavy atom. The smallest absolute Gasteiger partial charge is 0.416 e. The van der Waals surface area contributed by atoms with Crippen molar-refractivity contribution in [1.29, 1.82) is 0 Å². The number of furan rings is 1. The van der Waals surface area contributed by atoms with E-state index < -0.39 is 35.2 Å². The lowest BCUT2D eigenvalue weighted by Crippen LogP contribution is -2.29. The third kappa shape index (κ3) is 3.61. The molecule has 1 saturated heterocycles. The fourth-order valence-electron chi connectivity index (χ4n) is 3.51. The highest BCUT2D eigenvalue weighted by atomic mass is 19.4. The van der Waals surface area contributed by atoms with Crippen molar-refractivity contribution in [2.75, 3.05) is 4.90 Å². The molecular weight excluding hydrogens is 411 g/mol. The summed E-state index contributed by atoms with van der Waals surface area (Å²) >= 11 is 0. The monoisotopic (exact) mass is 427 g/mol. The van der Waals surface area contributed by atoms with Crippen LogP contribution in [0.3, 0.4) is 0 Å². The molecule has 2 aromatic carbocycles. The molecule has 31 heavy (non-hydrogen) atoms. The Kier molecular flexibility index (Phi) is 4.93. The van der Waals surface area contributed by atoms with E-state index in [1.807, 2.05) is 6.92 Å². The van der Waals surface area contributed by atoms with Crippen LogP contribution >= 0.6 is 0 Å². The third-order valence-electron chi connectivity index (χ3n) is 5.03. The van der Waals surface area contributed by atoms with Crippen LogP contribution in [0.1, 0.15) is 28.5 Å². The van der Waals surface area contributed by atoms with Gasteiger partial charge in [-0.3, -0.25) is 14.5 Å². The van der Waals surface area contributed by atoms with Gasteiger partial charge in [0, 0.05) is 11.3 Å². The number of aliphatic hydroxyl groups excluding tert-OH is 1. The van der Waals surface area contributed by atoms with E-state index in [2.05, 4.69) is 0 Å². The highest BCUT2D eigenvalue weighted by molar-refractivity contribution is 6.51. The van der Waals surface area contributed by atoms with Gasteiger partial charge in [0.1, 0.15) is 17.6 Å². The van der Waals surface area contributed by atoms with Crippen LogP contribution in [-0.4, -0.2) is 16.8 Å². The first-order valence-corrected chi connectivity index (χ1v) is 9.27. The number of halogens is 3. The molecule has 0 spiro atoms. The Morgan fingerprint density at radius 2 is 1.74 bits per heavy atom. The lowest BCUT2D eigenvalue weighted by atomic mass is 9.98. The number of rotatable bonds is 3. The lowest BCUT2D eigenvalue weighted by Gasteiger charge is -2.24. The molecule has 5 nitrogen and oxygen atoms in total. The molecule has 1 N–H and O–H groups in total. The number of aryl methyl sites for hydroxylation is 1. The fourth-order valence-corrected chi connectivity index (χ4v) is 3.51. The zero-order valence-electron chi connectivity index (χ0n) is 16.2. The Labute approximate surface area is 175 Å². The number of hydrogen-bond donors (Lipinski definition) is 1. The van der Waals surface area contributed by atoms with E-state index in [1.165, 1.54) is 24.5 Å². The van der Waals surface area contributed by atoms with Crippen LogP contribution in [0.25, 0.3) is 5.76 Å². The van der Waals surface area contributed by atoms with Gasteiger partial charge in [0.25, 0.3) is 11.7 Å². The summed E-state index contributed by atoms with van der Waals surface area (Å²) in [6, 6.07) is 12.5. The van der Waals surface area contributed by atoms with Crippen LogP contribution in [-0.2, 0) is 15.8 Å². The minimum Gasteiger partial charge on any atom is -0.507 e. The number of hydrogen-bond acceptors (Lipinski definition) is 4. The molecule has 0 saturated carbocycles. The zero-order chi connectivity index (χ0) is 22.3. The number of anilines is 1. The molecule has 1 aliphatic rings. The Balaban J connectivity index is 1.91. The van der Waals surface area contributed by atoms with Gasteiger partial charge in [-0.2, -0.15) is 13.2 Å². The summed E-state index contributed by atoms with van der Waals surface area (Å²) in [4.78, 5) is 26.7. The molecule has 4 rings (SSSR count). The van der Waals surface area contributed by atoms with Gasteiger partial charge in [0.05, 0.1) is 17.4 Å². The number of aliphatic hydroxyl groups is 1. The fraction of sp³-hybridized carbons (Fsp3) is 0.130. The van der Waals surface area contributed by atoms with E-state index in [4.69, 9.17) is 4.42 Å². The highest BCUT2D eigenvalue weighted by Gasteiger charge is 2.48.